The Morgan fingerprint density at radius 1 is 1.22 bits per heavy atom. The molecular weight excluding hydrogens is 314 g/mol. The van der Waals surface area contributed by atoms with Gasteiger partial charge in [-0.3, -0.25) is 4.79 Å². The van der Waals surface area contributed by atoms with E-state index in [1.165, 1.54) is 0 Å². The van der Waals surface area contributed by atoms with Crippen molar-refractivity contribution in [2.75, 3.05) is 12.4 Å². The van der Waals surface area contributed by atoms with Crippen molar-refractivity contribution < 1.29 is 9.53 Å². The second-order valence-corrected chi connectivity index (χ2v) is 5.29. The van der Waals surface area contributed by atoms with Crippen molar-refractivity contribution in [3.8, 4) is 5.75 Å². The van der Waals surface area contributed by atoms with Gasteiger partial charge in [-0.1, -0.05) is 35.9 Å². The van der Waals surface area contributed by atoms with E-state index in [1.54, 1.807) is 32.4 Å². The first-order chi connectivity index (χ1) is 11.1. The molecule has 1 amide bonds. The fourth-order valence-electron chi connectivity index (χ4n) is 1.88. The van der Waals surface area contributed by atoms with Crippen LogP contribution in [0.3, 0.4) is 0 Å². The number of carbonyl (C=O) groups is 1. The van der Waals surface area contributed by atoms with Crippen molar-refractivity contribution in [1.82, 2.24) is 5.43 Å². The van der Waals surface area contributed by atoms with Crippen LogP contribution in [-0.4, -0.2) is 25.3 Å². The lowest BCUT2D eigenvalue weighted by molar-refractivity contribution is -0.121. The van der Waals surface area contributed by atoms with Gasteiger partial charge in [0.2, 0.25) is 0 Å². The number of benzene rings is 2. The second kappa shape index (κ2) is 8.19. The highest BCUT2D eigenvalue weighted by Crippen LogP contribution is 2.23. The van der Waals surface area contributed by atoms with Gasteiger partial charge >= 0.3 is 0 Å². The SMILES string of the molecule is COc1ccccc1N[C@H](C)C(=O)N/N=C\c1ccc(Cl)cc1. The minimum absolute atomic E-state index is 0.249. The first kappa shape index (κ1) is 16.8. The van der Waals surface area contributed by atoms with Crippen LogP contribution in [0.5, 0.6) is 5.75 Å². The molecule has 0 heterocycles. The van der Waals surface area contributed by atoms with E-state index < -0.39 is 6.04 Å². The van der Waals surface area contributed by atoms with Crippen LogP contribution in [0, 0.1) is 0 Å². The van der Waals surface area contributed by atoms with Crippen LogP contribution in [0.2, 0.25) is 5.02 Å². The van der Waals surface area contributed by atoms with E-state index in [-0.39, 0.29) is 5.91 Å². The third kappa shape index (κ3) is 5.00. The quantitative estimate of drug-likeness (QED) is 0.630. The number of carbonyl (C=O) groups excluding carboxylic acids is 1. The molecule has 2 aromatic rings. The third-order valence-electron chi connectivity index (χ3n) is 3.13. The Morgan fingerprint density at radius 3 is 2.61 bits per heavy atom. The Balaban J connectivity index is 1.91. The maximum atomic E-state index is 12.0. The number of nitrogens with zero attached hydrogens (tertiary/aromatic N) is 1. The van der Waals surface area contributed by atoms with Gasteiger partial charge in [0.05, 0.1) is 19.0 Å². The van der Waals surface area contributed by atoms with Crippen LogP contribution in [0.25, 0.3) is 0 Å². The lowest BCUT2D eigenvalue weighted by atomic mass is 10.2. The van der Waals surface area contributed by atoms with Gasteiger partial charge in [0.25, 0.3) is 5.91 Å². The normalized spacial score (nSPS) is 12.0. The molecule has 0 aliphatic carbocycles. The summed E-state index contributed by atoms with van der Waals surface area (Å²) in [5, 5.41) is 7.68. The van der Waals surface area contributed by atoms with Crippen molar-refractivity contribution in [1.29, 1.82) is 0 Å². The molecule has 0 radical (unpaired) electrons. The van der Waals surface area contributed by atoms with Crippen LogP contribution in [0.1, 0.15) is 12.5 Å². The van der Waals surface area contributed by atoms with Gasteiger partial charge < -0.3 is 10.1 Å². The largest absolute Gasteiger partial charge is 0.495 e. The molecular formula is C17H18ClN3O2. The first-order valence-electron chi connectivity index (χ1n) is 7.08. The zero-order chi connectivity index (χ0) is 16.7. The van der Waals surface area contributed by atoms with Crippen LogP contribution in [-0.2, 0) is 4.79 Å². The van der Waals surface area contributed by atoms with E-state index in [4.69, 9.17) is 16.3 Å². The summed E-state index contributed by atoms with van der Waals surface area (Å²) < 4.78 is 5.24. The monoisotopic (exact) mass is 331 g/mol. The molecule has 6 heteroatoms. The first-order valence-corrected chi connectivity index (χ1v) is 7.46. The molecule has 1 atom stereocenters. The summed E-state index contributed by atoms with van der Waals surface area (Å²) in [5.41, 5.74) is 4.09. The number of hydrogen-bond acceptors (Lipinski definition) is 4. The van der Waals surface area contributed by atoms with Gasteiger partial charge in [0.15, 0.2) is 0 Å². The molecule has 5 nitrogen and oxygen atoms in total. The molecule has 2 aromatic carbocycles. The van der Waals surface area contributed by atoms with Gasteiger partial charge in [0, 0.05) is 5.02 Å². The summed E-state index contributed by atoms with van der Waals surface area (Å²) in [6.07, 6.45) is 1.56. The Labute approximate surface area is 140 Å². The maximum absolute atomic E-state index is 12.0. The van der Waals surface area contributed by atoms with E-state index in [0.717, 1.165) is 11.3 Å². The summed E-state index contributed by atoms with van der Waals surface area (Å²) in [4.78, 5) is 12.0. The topological polar surface area (TPSA) is 62.7 Å². The van der Waals surface area contributed by atoms with Gasteiger partial charge in [-0.15, -0.1) is 0 Å². The molecule has 2 N–H and O–H groups in total. The molecule has 0 saturated heterocycles. The minimum Gasteiger partial charge on any atom is -0.495 e. The fourth-order valence-corrected chi connectivity index (χ4v) is 2.00. The van der Waals surface area contributed by atoms with Crippen LogP contribution < -0.4 is 15.5 Å². The van der Waals surface area contributed by atoms with Crippen molar-refractivity contribution in [2.45, 2.75) is 13.0 Å². The zero-order valence-corrected chi connectivity index (χ0v) is 13.7. The third-order valence-corrected chi connectivity index (χ3v) is 3.38. The highest BCUT2D eigenvalue weighted by Gasteiger charge is 2.13. The Bertz CT molecular complexity index is 686. The number of hydrogen-bond donors (Lipinski definition) is 2. The molecule has 0 spiro atoms. The van der Waals surface area contributed by atoms with Crippen molar-refractivity contribution in [3.63, 3.8) is 0 Å². The van der Waals surface area contributed by atoms with E-state index in [0.29, 0.717) is 10.8 Å². The standard InChI is InChI=1S/C17H18ClN3O2/c1-12(20-15-5-3-4-6-16(15)23-2)17(22)21-19-11-13-7-9-14(18)10-8-13/h3-12,20H,1-2H3,(H,21,22)/b19-11-/t12-/m1/s1. The van der Waals surface area contributed by atoms with Gasteiger partial charge in [-0.05, 0) is 36.8 Å². The molecule has 23 heavy (non-hydrogen) atoms. The summed E-state index contributed by atoms with van der Waals surface area (Å²) in [5.74, 6) is 0.429. The number of methoxy groups -OCH3 is 1. The number of anilines is 1. The molecule has 0 aliphatic heterocycles. The lowest BCUT2D eigenvalue weighted by Gasteiger charge is -2.15. The molecule has 120 valence electrons. The Kier molecular flexibility index (Phi) is 6.00. The van der Waals surface area contributed by atoms with Crippen molar-refractivity contribution in [2.24, 2.45) is 5.10 Å². The molecule has 0 fully saturated rings. The Hall–Kier alpha value is -2.53. The van der Waals surface area contributed by atoms with E-state index in [9.17, 15) is 4.79 Å². The Morgan fingerprint density at radius 2 is 1.91 bits per heavy atom. The predicted octanol–water partition coefficient (Wildman–Crippen LogP) is 3.30. The van der Waals surface area contributed by atoms with Gasteiger partial charge in [-0.2, -0.15) is 5.10 Å². The number of halogens is 1. The highest BCUT2D eigenvalue weighted by atomic mass is 35.5. The van der Waals surface area contributed by atoms with Crippen LogP contribution >= 0.6 is 11.6 Å². The molecule has 0 aliphatic rings. The number of amides is 1. The lowest BCUT2D eigenvalue weighted by Crippen LogP contribution is -2.35. The smallest absolute Gasteiger partial charge is 0.262 e. The van der Waals surface area contributed by atoms with Crippen molar-refractivity contribution in [3.05, 3.63) is 59.1 Å². The summed E-state index contributed by atoms with van der Waals surface area (Å²) in [6, 6.07) is 14.1. The van der Waals surface area contributed by atoms with Crippen molar-refractivity contribution >= 4 is 29.4 Å². The molecule has 0 aromatic heterocycles. The predicted molar refractivity (Wildman–Crippen MR) is 93.3 cm³/mol. The fraction of sp³-hybridized carbons (Fsp3) is 0.176. The van der Waals surface area contributed by atoms with E-state index in [1.807, 2.05) is 36.4 Å². The van der Waals surface area contributed by atoms with Crippen LogP contribution in [0.4, 0.5) is 5.69 Å². The number of para-hydroxylation sites is 2. The summed E-state index contributed by atoms with van der Waals surface area (Å²) >= 11 is 5.81. The number of hydrazone groups is 1. The van der Waals surface area contributed by atoms with E-state index >= 15 is 0 Å². The maximum Gasteiger partial charge on any atom is 0.262 e. The van der Waals surface area contributed by atoms with E-state index in [2.05, 4.69) is 15.8 Å². The number of rotatable bonds is 6. The molecule has 2 rings (SSSR count). The number of nitrogens with one attached hydrogen (secondary N) is 2. The minimum atomic E-state index is -0.464. The highest BCUT2D eigenvalue weighted by molar-refractivity contribution is 6.30. The summed E-state index contributed by atoms with van der Waals surface area (Å²) in [6.45, 7) is 1.75. The zero-order valence-electron chi connectivity index (χ0n) is 12.9. The van der Waals surface area contributed by atoms with Gasteiger partial charge in [0.1, 0.15) is 11.8 Å². The van der Waals surface area contributed by atoms with Crippen LogP contribution in [0.15, 0.2) is 53.6 Å². The molecule has 0 unspecified atom stereocenters. The average Bonchev–Trinajstić information content (AvgIpc) is 2.57. The summed E-state index contributed by atoms with van der Waals surface area (Å²) in [7, 11) is 1.58. The second-order valence-electron chi connectivity index (χ2n) is 4.85. The average molecular weight is 332 g/mol. The number of ether oxygens (including phenoxy) is 1. The molecule has 0 saturated carbocycles. The van der Waals surface area contributed by atoms with Gasteiger partial charge in [-0.25, -0.2) is 5.43 Å². The molecule has 0 bridgehead atoms.